The van der Waals surface area contributed by atoms with Gasteiger partial charge in [-0.25, -0.2) is 0 Å². The zero-order chi connectivity index (χ0) is 19.9. The summed E-state index contributed by atoms with van der Waals surface area (Å²) in [6.45, 7) is 1.34. The van der Waals surface area contributed by atoms with Crippen molar-refractivity contribution in [2.24, 2.45) is 0 Å². The first-order chi connectivity index (χ1) is 13.5. The molecule has 1 N–H and O–H groups in total. The van der Waals surface area contributed by atoms with Crippen LogP contribution in [0.1, 0.15) is 11.1 Å². The molecule has 0 aliphatic carbocycles. The predicted molar refractivity (Wildman–Crippen MR) is 113 cm³/mol. The summed E-state index contributed by atoms with van der Waals surface area (Å²) in [5.74, 6) is 0.208. The Morgan fingerprint density at radius 2 is 1.96 bits per heavy atom. The molecule has 0 saturated heterocycles. The summed E-state index contributed by atoms with van der Waals surface area (Å²) < 4.78 is 1.82. The number of aromatic nitrogens is 3. The molecule has 0 saturated carbocycles. The van der Waals surface area contributed by atoms with Crippen molar-refractivity contribution in [3.8, 4) is 5.69 Å². The van der Waals surface area contributed by atoms with E-state index in [4.69, 9.17) is 11.6 Å². The first kappa shape index (κ1) is 20.4. The lowest BCUT2D eigenvalue weighted by Crippen LogP contribution is -2.25. The SMILES string of the molecule is CN(C)Cc1ccccc1CNC(=O)CSc1nncn1-c1cccc(Cl)c1. The number of amides is 1. The Kier molecular flexibility index (Phi) is 7.08. The summed E-state index contributed by atoms with van der Waals surface area (Å²) in [7, 11) is 4.06. The molecule has 2 aromatic carbocycles. The highest BCUT2D eigenvalue weighted by Crippen LogP contribution is 2.21. The van der Waals surface area contributed by atoms with Gasteiger partial charge in [0.1, 0.15) is 6.33 Å². The van der Waals surface area contributed by atoms with Gasteiger partial charge in [0.25, 0.3) is 0 Å². The second-order valence-electron chi connectivity index (χ2n) is 6.54. The minimum absolute atomic E-state index is 0.0506. The summed E-state index contributed by atoms with van der Waals surface area (Å²) in [4.78, 5) is 14.4. The molecule has 0 fully saturated rings. The van der Waals surface area contributed by atoms with Crippen LogP contribution in [0, 0.1) is 0 Å². The third-order valence-corrected chi connectivity index (χ3v) is 5.19. The predicted octanol–water partition coefficient (Wildman–Crippen LogP) is 3.39. The highest BCUT2D eigenvalue weighted by molar-refractivity contribution is 7.99. The molecule has 0 aliphatic rings. The molecular formula is C20H22ClN5OS. The third-order valence-electron chi connectivity index (χ3n) is 4.02. The number of thioether (sulfide) groups is 1. The molecule has 0 atom stereocenters. The van der Waals surface area contributed by atoms with Crippen molar-refractivity contribution in [2.45, 2.75) is 18.2 Å². The van der Waals surface area contributed by atoms with Gasteiger partial charge in [0.2, 0.25) is 5.91 Å². The Bertz CT molecular complexity index is 944. The summed E-state index contributed by atoms with van der Waals surface area (Å²) >= 11 is 7.40. The van der Waals surface area contributed by atoms with Gasteiger partial charge in [0.05, 0.1) is 11.4 Å². The molecule has 3 rings (SSSR count). The van der Waals surface area contributed by atoms with E-state index in [0.717, 1.165) is 17.8 Å². The Balaban J connectivity index is 1.57. The van der Waals surface area contributed by atoms with Gasteiger partial charge < -0.3 is 10.2 Å². The maximum Gasteiger partial charge on any atom is 0.230 e. The smallest absolute Gasteiger partial charge is 0.230 e. The highest BCUT2D eigenvalue weighted by Gasteiger charge is 2.11. The molecule has 0 radical (unpaired) electrons. The molecule has 28 heavy (non-hydrogen) atoms. The van der Waals surface area contributed by atoms with E-state index in [0.29, 0.717) is 16.7 Å². The normalized spacial score (nSPS) is 11.0. The van der Waals surface area contributed by atoms with E-state index < -0.39 is 0 Å². The number of benzene rings is 2. The van der Waals surface area contributed by atoms with Crippen molar-refractivity contribution in [1.29, 1.82) is 0 Å². The van der Waals surface area contributed by atoms with Crippen LogP contribution in [-0.2, 0) is 17.9 Å². The number of nitrogens with one attached hydrogen (secondary N) is 1. The third kappa shape index (κ3) is 5.58. The molecule has 1 amide bonds. The van der Waals surface area contributed by atoms with E-state index in [1.165, 1.54) is 17.3 Å². The lowest BCUT2D eigenvalue weighted by atomic mass is 10.1. The van der Waals surface area contributed by atoms with E-state index in [1.807, 2.05) is 61.1 Å². The molecule has 1 heterocycles. The van der Waals surface area contributed by atoms with Gasteiger partial charge in [-0.2, -0.15) is 0 Å². The molecule has 0 aliphatic heterocycles. The van der Waals surface area contributed by atoms with Gasteiger partial charge in [0.15, 0.2) is 5.16 Å². The van der Waals surface area contributed by atoms with Crippen LogP contribution in [-0.4, -0.2) is 45.4 Å². The first-order valence-corrected chi connectivity index (χ1v) is 10.2. The van der Waals surface area contributed by atoms with E-state index in [2.05, 4.69) is 26.5 Å². The van der Waals surface area contributed by atoms with Crippen LogP contribution < -0.4 is 5.32 Å². The number of nitrogens with zero attached hydrogens (tertiary/aromatic N) is 4. The number of carbonyl (C=O) groups excluding carboxylic acids is 1. The zero-order valence-corrected chi connectivity index (χ0v) is 17.4. The molecule has 0 unspecified atom stereocenters. The number of rotatable bonds is 8. The molecule has 0 spiro atoms. The zero-order valence-electron chi connectivity index (χ0n) is 15.8. The van der Waals surface area contributed by atoms with Crippen molar-refractivity contribution < 1.29 is 4.79 Å². The van der Waals surface area contributed by atoms with Crippen molar-refractivity contribution in [1.82, 2.24) is 25.0 Å². The lowest BCUT2D eigenvalue weighted by molar-refractivity contribution is -0.118. The van der Waals surface area contributed by atoms with E-state index in [9.17, 15) is 4.79 Å². The minimum Gasteiger partial charge on any atom is -0.351 e. The van der Waals surface area contributed by atoms with Crippen LogP contribution in [0.3, 0.4) is 0 Å². The second kappa shape index (κ2) is 9.73. The van der Waals surface area contributed by atoms with Crippen molar-refractivity contribution >= 4 is 29.3 Å². The molecule has 3 aromatic rings. The molecule has 6 nitrogen and oxygen atoms in total. The molecular weight excluding hydrogens is 394 g/mol. The van der Waals surface area contributed by atoms with E-state index >= 15 is 0 Å². The fraction of sp³-hybridized carbons (Fsp3) is 0.250. The van der Waals surface area contributed by atoms with Crippen LogP contribution in [0.15, 0.2) is 60.0 Å². The number of hydrogen-bond acceptors (Lipinski definition) is 5. The Hall–Kier alpha value is -2.35. The van der Waals surface area contributed by atoms with Gasteiger partial charge in [0, 0.05) is 18.1 Å². The van der Waals surface area contributed by atoms with Crippen LogP contribution in [0.25, 0.3) is 5.69 Å². The van der Waals surface area contributed by atoms with Gasteiger partial charge in [-0.15, -0.1) is 10.2 Å². The topological polar surface area (TPSA) is 63.1 Å². The molecule has 146 valence electrons. The van der Waals surface area contributed by atoms with Crippen LogP contribution in [0.5, 0.6) is 0 Å². The van der Waals surface area contributed by atoms with Gasteiger partial charge >= 0.3 is 0 Å². The number of carbonyl (C=O) groups is 1. The summed E-state index contributed by atoms with van der Waals surface area (Å²) in [5.41, 5.74) is 3.19. The number of halogens is 1. The summed E-state index contributed by atoms with van der Waals surface area (Å²) in [5, 5.41) is 12.3. The standard InChI is InChI=1S/C20H22ClN5OS/c1-25(2)12-16-7-4-3-6-15(16)11-22-19(27)13-28-20-24-23-14-26(20)18-9-5-8-17(21)10-18/h3-10,14H,11-13H2,1-2H3,(H,22,27). The summed E-state index contributed by atoms with van der Waals surface area (Å²) in [6, 6.07) is 15.6. The molecule has 1 aromatic heterocycles. The Morgan fingerprint density at radius 1 is 1.18 bits per heavy atom. The van der Waals surface area contributed by atoms with Crippen molar-refractivity contribution in [3.63, 3.8) is 0 Å². The van der Waals surface area contributed by atoms with Gasteiger partial charge in [-0.1, -0.05) is 53.7 Å². The quantitative estimate of drug-likeness (QED) is 0.571. The van der Waals surface area contributed by atoms with Gasteiger partial charge in [-0.05, 0) is 43.4 Å². The average molecular weight is 416 g/mol. The Labute approximate surface area is 173 Å². The minimum atomic E-state index is -0.0506. The van der Waals surface area contributed by atoms with Crippen LogP contribution in [0.2, 0.25) is 5.02 Å². The fourth-order valence-electron chi connectivity index (χ4n) is 2.73. The van der Waals surface area contributed by atoms with Crippen molar-refractivity contribution in [3.05, 3.63) is 71.0 Å². The summed E-state index contributed by atoms with van der Waals surface area (Å²) in [6.07, 6.45) is 1.61. The fourth-order valence-corrected chi connectivity index (χ4v) is 3.67. The van der Waals surface area contributed by atoms with Crippen molar-refractivity contribution in [2.75, 3.05) is 19.8 Å². The number of hydrogen-bond donors (Lipinski definition) is 1. The largest absolute Gasteiger partial charge is 0.351 e. The lowest BCUT2D eigenvalue weighted by Gasteiger charge is -2.14. The second-order valence-corrected chi connectivity index (χ2v) is 7.91. The van der Waals surface area contributed by atoms with E-state index in [1.54, 1.807) is 6.33 Å². The first-order valence-electron chi connectivity index (χ1n) is 8.80. The monoisotopic (exact) mass is 415 g/mol. The average Bonchev–Trinajstić information content (AvgIpc) is 3.14. The maximum atomic E-state index is 12.3. The highest BCUT2D eigenvalue weighted by atomic mass is 35.5. The maximum absolute atomic E-state index is 12.3. The van der Waals surface area contributed by atoms with Crippen LogP contribution in [0.4, 0.5) is 0 Å². The van der Waals surface area contributed by atoms with Gasteiger partial charge in [-0.3, -0.25) is 9.36 Å². The molecule has 0 bridgehead atoms. The van der Waals surface area contributed by atoms with Crippen LogP contribution >= 0.6 is 23.4 Å². The Morgan fingerprint density at radius 3 is 2.71 bits per heavy atom. The molecule has 8 heteroatoms. The van der Waals surface area contributed by atoms with E-state index in [-0.39, 0.29) is 11.7 Å².